The van der Waals surface area contributed by atoms with Crippen LogP contribution in [0.1, 0.15) is 67.1 Å². The lowest BCUT2D eigenvalue weighted by molar-refractivity contribution is 0.0194. The van der Waals surface area contributed by atoms with Gasteiger partial charge in [0.2, 0.25) is 0 Å². The van der Waals surface area contributed by atoms with E-state index in [1.165, 1.54) is 5.56 Å². The average Bonchev–Trinajstić information content (AvgIpc) is 3.05. The third-order valence-corrected chi connectivity index (χ3v) is 5.42. The van der Waals surface area contributed by atoms with Gasteiger partial charge in [-0.05, 0) is 31.2 Å². The van der Waals surface area contributed by atoms with Gasteiger partial charge in [-0.25, -0.2) is 0 Å². The molecule has 146 valence electrons. The van der Waals surface area contributed by atoms with Crippen molar-refractivity contribution >= 4 is 5.91 Å². The third kappa shape index (κ3) is 4.08. The molecule has 1 saturated heterocycles. The summed E-state index contributed by atoms with van der Waals surface area (Å²) in [4.78, 5) is 15.1. The standard InChI is InChI=1S/C22H30N2O3/c1-15-18(20(23-27-15)22(2,3)4)21(25)24-13-11-17(12-14-24)19(26-5)16-9-7-6-8-10-16/h6-10,17,19H,11-14H2,1-5H3. The lowest BCUT2D eigenvalue weighted by atomic mass is 9.86. The van der Waals surface area contributed by atoms with Gasteiger partial charge < -0.3 is 14.2 Å². The number of ether oxygens (including phenoxy) is 1. The Balaban J connectivity index is 1.71. The molecule has 27 heavy (non-hydrogen) atoms. The Morgan fingerprint density at radius 1 is 1.22 bits per heavy atom. The first-order chi connectivity index (χ1) is 12.8. The number of aryl methyl sites for hydroxylation is 1. The molecule has 1 aromatic heterocycles. The minimum absolute atomic E-state index is 0.0332. The summed E-state index contributed by atoms with van der Waals surface area (Å²) in [5.41, 5.74) is 2.35. The van der Waals surface area contributed by atoms with Crippen molar-refractivity contribution in [2.24, 2.45) is 5.92 Å². The number of rotatable bonds is 4. The first-order valence-corrected chi connectivity index (χ1v) is 9.66. The van der Waals surface area contributed by atoms with Crippen molar-refractivity contribution in [2.75, 3.05) is 20.2 Å². The molecular formula is C22H30N2O3. The first-order valence-electron chi connectivity index (χ1n) is 9.66. The van der Waals surface area contributed by atoms with E-state index in [9.17, 15) is 4.79 Å². The van der Waals surface area contributed by atoms with Gasteiger partial charge in [0.1, 0.15) is 17.0 Å². The summed E-state index contributed by atoms with van der Waals surface area (Å²) >= 11 is 0. The number of likely N-dealkylation sites (tertiary alicyclic amines) is 1. The first kappa shape index (κ1) is 19.6. The molecule has 2 heterocycles. The second kappa shape index (κ2) is 7.85. The van der Waals surface area contributed by atoms with Gasteiger partial charge in [0.15, 0.2) is 0 Å². The van der Waals surface area contributed by atoms with Crippen LogP contribution in [0.4, 0.5) is 0 Å². The van der Waals surface area contributed by atoms with E-state index < -0.39 is 0 Å². The molecule has 1 unspecified atom stereocenters. The van der Waals surface area contributed by atoms with Crippen molar-refractivity contribution in [3.8, 4) is 0 Å². The van der Waals surface area contributed by atoms with Gasteiger partial charge in [-0.3, -0.25) is 4.79 Å². The van der Waals surface area contributed by atoms with E-state index in [-0.39, 0.29) is 17.4 Å². The van der Waals surface area contributed by atoms with E-state index >= 15 is 0 Å². The number of amides is 1. The smallest absolute Gasteiger partial charge is 0.259 e. The number of aromatic nitrogens is 1. The molecule has 1 fully saturated rings. The predicted molar refractivity (Wildman–Crippen MR) is 105 cm³/mol. The molecule has 1 atom stereocenters. The van der Waals surface area contributed by atoms with Crippen molar-refractivity contribution < 1.29 is 14.1 Å². The van der Waals surface area contributed by atoms with Crippen molar-refractivity contribution in [3.05, 3.63) is 52.9 Å². The summed E-state index contributed by atoms with van der Waals surface area (Å²) in [7, 11) is 1.77. The van der Waals surface area contributed by atoms with Crippen LogP contribution in [0.2, 0.25) is 0 Å². The van der Waals surface area contributed by atoms with Crippen molar-refractivity contribution in [3.63, 3.8) is 0 Å². The predicted octanol–water partition coefficient (Wildman–Crippen LogP) is 4.52. The monoisotopic (exact) mass is 370 g/mol. The minimum Gasteiger partial charge on any atom is -0.376 e. The van der Waals surface area contributed by atoms with Crippen LogP contribution in [0.15, 0.2) is 34.9 Å². The highest BCUT2D eigenvalue weighted by molar-refractivity contribution is 5.96. The molecule has 1 aliphatic rings. The Kier molecular flexibility index (Phi) is 5.70. The Morgan fingerprint density at radius 2 is 1.85 bits per heavy atom. The van der Waals surface area contributed by atoms with Gasteiger partial charge in [0, 0.05) is 25.6 Å². The van der Waals surface area contributed by atoms with E-state index in [1.807, 2.05) is 30.0 Å². The zero-order chi connectivity index (χ0) is 19.6. The van der Waals surface area contributed by atoms with Crippen LogP contribution in [-0.4, -0.2) is 36.2 Å². The summed E-state index contributed by atoms with van der Waals surface area (Å²) in [6.07, 6.45) is 1.92. The summed E-state index contributed by atoms with van der Waals surface area (Å²) in [5, 5.41) is 4.16. The SMILES string of the molecule is COC(c1ccccc1)C1CCN(C(=O)c2c(C(C)(C)C)noc2C)CC1. The zero-order valence-corrected chi connectivity index (χ0v) is 17.0. The summed E-state index contributed by atoms with van der Waals surface area (Å²) in [6, 6.07) is 10.3. The fourth-order valence-corrected chi connectivity index (χ4v) is 3.94. The molecule has 0 saturated carbocycles. The summed E-state index contributed by atoms with van der Waals surface area (Å²) in [5.74, 6) is 1.05. The molecule has 1 amide bonds. The van der Waals surface area contributed by atoms with Gasteiger partial charge in [0.05, 0.1) is 6.10 Å². The van der Waals surface area contributed by atoms with Crippen LogP contribution < -0.4 is 0 Å². The maximum Gasteiger partial charge on any atom is 0.259 e. The summed E-state index contributed by atoms with van der Waals surface area (Å²) in [6.45, 7) is 9.43. The maximum atomic E-state index is 13.2. The Bertz CT molecular complexity index is 769. The number of piperidine rings is 1. The number of benzene rings is 1. The third-order valence-electron chi connectivity index (χ3n) is 5.42. The normalized spacial score (nSPS) is 17.1. The van der Waals surface area contributed by atoms with Gasteiger partial charge in [-0.2, -0.15) is 0 Å². The van der Waals surface area contributed by atoms with Crippen molar-refractivity contribution in [2.45, 2.75) is 52.1 Å². The number of carbonyl (C=O) groups is 1. The molecule has 5 nitrogen and oxygen atoms in total. The molecule has 1 aliphatic heterocycles. The minimum atomic E-state index is -0.227. The van der Waals surface area contributed by atoms with Crippen LogP contribution in [-0.2, 0) is 10.2 Å². The van der Waals surface area contributed by atoms with Gasteiger partial charge in [0.25, 0.3) is 5.91 Å². The highest BCUT2D eigenvalue weighted by Crippen LogP contribution is 2.34. The molecule has 0 bridgehead atoms. The number of methoxy groups -OCH3 is 1. The molecule has 2 aromatic rings. The molecule has 1 aromatic carbocycles. The lowest BCUT2D eigenvalue weighted by Gasteiger charge is -2.36. The number of nitrogens with zero attached hydrogens (tertiary/aromatic N) is 2. The van der Waals surface area contributed by atoms with Crippen LogP contribution in [0.25, 0.3) is 0 Å². The largest absolute Gasteiger partial charge is 0.376 e. The van der Waals surface area contributed by atoms with Gasteiger partial charge >= 0.3 is 0 Å². The van der Waals surface area contributed by atoms with Crippen LogP contribution in [0.5, 0.6) is 0 Å². The van der Waals surface area contributed by atoms with Crippen LogP contribution in [0.3, 0.4) is 0 Å². The molecule has 0 spiro atoms. The fourth-order valence-electron chi connectivity index (χ4n) is 3.94. The molecule has 0 aliphatic carbocycles. The highest BCUT2D eigenvalue weighted by Gasteiger charge is 2.34. The zero-order valence-electron chi connectivity index (χ0n) is 17.0. The molecule has 0 N–H and O–H groups in total. The van der Waals surface area contributed by atoms with Gasteiger partial charge in [-0.1, -0.05) is 56.3 Å². The average molecular weight is 370 g/mol. The van der Waals surface area contributed by atoms with Crippen molar-refractivity contribution in [1.29, 1.82) is 0 Å². The molecular weight excluding hydrogens is 340 g/mol. The van der Waals surface area contributed by atoms with E-state index in [0.717, 1.165) is 31.6 Å². The van der Waals surface area contributed by atoms with E-state index in [2.05, 4.69) is 38.1 Å². The topological polar surface area (TPSA) is 55.6 Å². The Morgan fingerprint density at radius 3 is 2.41 bits per heavy atom. The number of hydrogen-bond acceptors (Lipinski definition) is 4. The fraction of sp³-hybridized carbons (Fsp3) is 0.545. The second-order valence-electron chi connectivity index (χ2n) is 8.41. The van der Waals surface area contributed by atoms with Crippen LogP contribution >= 0.6 is 0 Å². The number of carbonyl (C=O) groups excluding carboxylic acids is 1. The van der Waals surface area contributed by atoms with Crippen LogP contribution in [0, 0.1) is 12.8 Å². The Hall–Kier alpha value is -2.14. The van der Waals surface area contributed by atoms with Crippen molar-refractivity contribution in [1.82, 2.24) is 10.1 Å². The van der Waals surface area contributed by atoms with E-state index in [0.29, 0.717) is 17.2 Å². The molecule has 3 rings (SSSR count). The van der Waals surface area contributed by atoms with E-state index in [4.69, 9.17) is 9.26 Å². The van der Waals surface area contributed by atoms with E-state index in [1.54, 1.807) is 7.11 Å². The lowest BCUT2D eigenvalue weighted by Crippen LogP contribution is -2.40. The summed E-state index contributed by atoms with van der Waals surface area (Å²) < 4.78 is 11.1. The maximum absolute atomic E-state index is 13.2. The highest BCUT2D eigenvalue weighted by atomic mass is 16.5. The Labute approximate surface area is 161 Å². The molecule has 5 heteroatoms. The van der Waals surface area contributed by atoms with Gasteiger partial charge in [-0.15, -0.1) is 0 Å². The quantitative estimate of drug-likeness (QED) is 0.794. The number of hydrogen-bond donors (Lipinski definition) is 0. The second-order valence-corrected chi connectivity index (χ2v) is 8.41. The molecule has 0 radical (unpaired) electrons.